The number of rotatable bonds is 1. The van der Waals surface area contributed by atoms with Crippen molar-refractivity contribution >= 4 is 39.9 Å². The van der Waals surface area contributed by atoms with Gasteiger partial charge in [-0.15, -0.1) is 0 Å². The van der Waals surface area contributed by atoms with Crippen molar-refractivity contribution in [1.29, 1.82) is 0 Å². The van der Waals surface area contributed by atoms with Gasteiger partial charge >= 0.3 is 6.18 Å². The van der Waals surface area contributed by atoms with Crippen LogP contribution in [0.3, 0.4) is 0 Å². The number of nitrogens with zero attached hydrogens (tertiary/aromatic N) is 1. The Kier molecular flexibility index (Phi) is 3.44. The molecular formula is C7H2ClF3INO2. The average molecular weight is 351 g/mol. The Labute approximate surface area is 101 Å². The highest BCUT2D eigenvalue weighted by Crippen LogP contribution is 2.38. The monoisotopic (exact) mass is 351 g/mol. The minimum absolute atomic E-state index is 0.171. The van der Waals surface area contributed by atoms with Gasteiger partial charge in [0.1, 0.15) is 5.02 Å². The molecule has 0 bridgehead atoms. The zero-order chi connectivity index (χ0) is 11.8. The zero-order valence-corrected chi connectivity index (χ0v) is 9.72. The summed E-state index contributed by atoms with van der Waals surface area (Å²) in [5, 5.41) is 10.1. The van der Waals surface area contributed by atoms with E-state index in [1.165, 1.54) is 22.6 Å². The first-order chi connectivity index (χ1) is 6.73. The van der Waals surface area contributed by atoms with E-state index in [-0.39, 0.29) is 8.59 Å². The van der Waals surface area contributed by atoms with Crippen molar-refractivity contribution in [3.05, 3.63) is 36.4 Å². The van der Waals surface area contributed by atoms with E-state index in [2.05, 4.69) is 0 Å². The third-order valence-electron chi connectivity index (χ3n) is 1.54. The van der Waals surface area contributed by atoms with Crippen LogP contribution >= 0.6 is 34.2 Å². The van der Waals surface area contributed by atoms with Gasteiger partial charge in [0.05, 0.1) is 10.5 Å². The van der Waals surface area contributed by atoms with E-state index < -0.39 is 22.4 Å². The first-order valence-electron chi connectivity index (χ1n) is 3.44. The average Bonchev–Trinajstić information content (AvgIpc) is 2.00. The topological polar surface area (TPSA) is 43.1 Å². The van der Waals surface area contributed by atoms with Crippen LogP contribution in [0, 0.1) is 13.7 Å². The predicted octanol–water partition coefficient (Wildman–Crippen LogP) is 3.87. The molecule has 0 spiro atoms. The van der Waals surface area contributed by atoms with Gasteiger partial charge in [0.15, 0.2) is 0 Å². The molecule has 0 saturated carbocycles. The number of halogens is 5. The van der Waals surface area contributed by atoms with Crippen molar-refractivity contribution in [2.45, 2.75) is 6.18 Å². The summed E-state index contributed by atoms with van der Waals surface area (Å²) in [6, 6.07) is 1.35. The first kappa shape index (κ1) is 12.5. The van der Waals surface area contributed by atoms with Crippen LogP contribution in [0.15, 0.2) is 12.1 Å². The number of hydrogen-bond acceptors (Lipinski definition) is 2. The molecule has 0 saturated heterocycles. The van der Waals surface area contributed by atoms with Gasteiger partial charge in [0.25, 0.3) is 5.69 Å². The van der Waals surface area contributed by atoms with E-state index >= 15 is 0 Å². The fourth-order valence-corrected chi connectivity index (χ4v) is 2.08. The van der Waals surface area contributed by atoms with Gasteiger partial charge in [-0.1, -0.05) is 11.6 Å². The van der Waals surface area contributed by atoms with Crippen molar-refractivity contribution in [3.63, 3.8) is 0 Å². The summed E-state index contributed by atoms with van der Waals surface area (Å²) >= 11 is 6.86. The highest BCUT2D eigenvalue weighted by molar-refractivity contribution is 14.1. The minimum Gasteiger partial charge on any atom is -0.258 e. The van der Waals surface area contributed by atoms with E-state index in [0.717, 1.165) is 6.07 Å². The van der Waals surface area contributed by atoms with Gasteiger partial charge in [0.2, 0.25) is 0 Å². The standard InChI is InChI=1S/C7H2ClF3INO2/c8-4-2-5(12)3(7(9,10)11)1-6(4)13(14)15/h1-2H. The Morgan fingerprint density at radius 3 is 2.33 bits per heavy atom. The van der Waals surface area contributed by atoms with Gasteiger partial charge in [-0.2, -0.15) is 13.2 Å². The maximum Gasteiger partial charge on any atom is 0.417 e. The van der Waals surface area contributed by atoms with Crippen LogP contribution in [0.25, 0.3) is 0 Å². The summed E-state index contributed by atoms with van der Waals surface area (Å²) in [4.78, 5) is 9.41. The molecule has 1 rings (SSSR count). The lowest BCUT2D eigenvalue weighted by molar-refractivity contribution is -0.385. The highest BCUT2D eigenvalue weighted by atomic mass is 127. The molecule has 0 radical (unpaired) electrons. The lowest BCUT2D eigenvalue weighted by Crippen LogP contribution is -2.08. The summed E-state index contributed by atoms with van der Waals surface area (Å²) in [6.45, 7) is 0. The Morgan fingerprint density at radius 1 is 1.40 bits per heavy atom. The lowest BCUT2D eigenvalue weighted by atomic mass is 10.2. The van der Waals surface area contributed by atoms with Crippen LogP contribution in [0.2, 0.25) is 5.02 Å². The van der Waals surface area contributed by atoms with Gasteiger partial charge in [-0.3, -0.25) is 10.1 Å². The summed E-state index contributed by atoms with van der Waals surface area (Å²) in [5.41, 5.74) is -1.80. The molecule has 1 aromatic carbocycles. The highest BCUT2D eigenvalue weighted by Gasteiger charge is 2.35. The third-order valence-corrected chi connectivity index (χ3v) is 2.73. The Balaban J connectivity index is 3.43. The van der Waals surface area contributed by atoms with Crippen LogP contribution in [-0.2, 0) is 6.18 Å². The van der Waals surface area contributed by atoms with Crippen molar-refractivity contribution in [1.82, 2.24) is 0 Å². The second kappa shape index (κ2) is 4.12. The van der Waals surface area contributed by atoms with Crippen molar-refractivity contribution in [2.24, 2.45) is 0 Å². The predicted molar refractivity (Wildman–Crippen MR) is 55.8 cm³/mol. The quantitative estimate of drug-likeness (QED) is 0.438. The molecule has 82 valence electrons. The number of alkyl halides is 3. The molecule has 0 atom stereocenters. The summed E-state index contributed by atoms with van der Waals surface area (Å²) < 4.78 is 36.9. The van der Waals surface area contributed by atoms with Gasteiger partial charge in [0, 0.05) is 9.64 Å². The largest absolute Gasteiger partial charge is 0.417 e. The van der Waals surface area contributed by atoms with Gasteiger partial charge in [-0.05, 0) is 28.7 Å². The number of benzene rings is 1. The van der Waals surface area contributed by atoms with Crippen LogP contribution < -0.4 is 0 Å². The fraction of sp³-hybridized carbons (Fsp3) is 0.143. The number of nitro groups is 1. The molecule has 0 fully saturated rings. The smallest absolute Gasteiger partial charge is 0.258 e. The third kappa shape index (κ3) is 2.71. The Bertz CT molecular complexity index is 421. The second-order valence-electron chi connectivity index (χ2n) is 2.54. The molecule has 3 nitrogen and oxygen atoms in total. The van der Waals surface area contributed by atoms with E-state index in [9.17, 15) is 23.3 Å². The number of nitro benzene ring substituents is 1. The van der Waals surface area contributed by atoms with Gasteiger partial charge < -0.3 is 0 Å². The van der Waals surface area contributed by atoms with Crippen LogP contribution in [0.4, 0.5) is 18.9 Å². The first-order valence-corrected chi connectivity index (χ1v) is 4.90. The number of hydrogen-bond donors (Lipinski definition) is 0. The van der Waals surface area contributed by atoms with Crippen LogP contribution in [0.1, 0.15) is 5.56 Å². The van der Waals surface area contributed by atoms with Gasteiger partial charge in [-0.25, -0.2) is 0 Å². The summed E-state index contributed by atoms with van der Waals surface area (Å²) in [6.07, 6.45) is -4.62. The van der Waals surface area contributed by atoms with E-state index in [4.69, 9.17) is 11.6 Å². The Hall–Kier alpha value is -0.570. The zero-order valence-electron chi connectivity index (χ0n) is 6.81. The normalized spacial score (nSPS) is 11.5. The molecule has 8 heteroatoms. The van der Waals surface area contributed by atoms with Crippen LogP contribution in [0.5, 0.6) is 0 Å². The molecule has 0 unspecified atom stereocenters. The SMILES string of the molecule is O=[N+]([O-])c1cc(C(F)(F)F)c(I)cc1Cl. The van der Waals surface area contributed by atoms with E-state index in [1.807, 2.05) is 0 Å². The summed E-state index contributed by atoms with van der Waals surface area (Å²) in [5.74, 6) is 0. The maximum absolute atomic E-state index is 12.4. The molecule has 1 aromatic rings. The van der Waals surface area contributed by atoms with E-state index in [0.29, 0.717) is 6.07 Å². The van der Waals surface area contributed by atoms with Crippen molar-refractivity contribution in [3.8, 4) is 0 Å². The molecule has 15 heavy (non-hydrogen) atoms. The molecule has 0 amide bonds. The second-order valence-corrected chi connectivity index (χ2v) is 4.11. The van der Waals surface area contributed by atoms with E-state index in [1.54, 1.807) is 0 Å². The fourth-order valence-electron chi connectivity index (χ4n) is 0.895. The van der Waals surface area contributed by atoms with Crippen molar-refractivity contribution in [2.75, 3.05) is 0 Å². The molecule has 0 aliphatic carbocycles. The molecule has 0 aliphatic rings. The molecule has 0 aliphatic heterocycles. The maximum atomic E-state index is 12.4. The summed E-state index contributed by atoms with van der Waals surface area (Å²) in [7, 11) is 0. The lowest BCUT2D eigenvalue weighted by Gasteiger charge is -2.09. The van der Waals surface area contributed by atoms with Crippen molar-refractivity contribution < 1.29 is 18.1 Å². The Morgan fingerprint density at radius 2 is 1.93 bits per heavy atom. The molecular weight excluding hydrogens is 349 g/mol. The molecule has 0 aromatic heterocycles. The minimum atomic E-state index is -4.62. The molecule has 0 heterocycles. The molecule has 0 N–H and O–H groups in total. The van der Waals surface area contributed by atoms with Crippen LogP contribution in [-0.4, -0.2) is 4.92 Å².